The third kappa shape index (κ3) is 4.21. The summed E-state index contributed by atoms with van der Waals surface area (Å²) < 4.78 is 5.12. The highest BCUT2D eigenvalue weighted by Crippen LogP contribution is 2.23. The van der Waals surface area contributed by atoms with E-state index in [1.165, 1.54) is 4.90 Å². The number of imide groups is 1. The van der Waals surface area contributed by atoms with E-state index in [0.29, 0.717) is 55.0 Å². The topological polar surface area (TPSA) is 87.2 Å². The molecule has 1 fully saturated rings. The molecule has 32 heavy (non-hydrogen) atoms. The van der Waals surface area contributed by atoms with Gasteiger partial charge in [0.2, 0.25) is 5.91 Å². The van der Waals surface area contributed by atoms with Crippen LogP contribution in [0, 0.1) is 0 Å². The molecule has 8 nitrogen and oxygen atoms in total. The number of nitrogens with zero attached hydrogens (tertiary/aromatic N) is 3. The van der Waals surface area contributed by atoms with Gasteiger partial charge in [-0.1, -0.05) is 12.1 Å². The van der Waals surface area contributed by atoms with Crippen LogP contribution in [0.2, 0.25) is 0 Å². The Morgan fingerprint density at radius 3 is 1.97 bits per heavy atom. The van der Waals surface area contributed by atoms with Crippen LogP contribution in [0.4, 0.5) is 0 Å². The van der Waals surface area contributed by atoms with E-state index in [1.807, 2.05) is 0 Å². The van der Waals surface area contributed by atoms with Gasteiger partial charge >= 0.3 is 0 Å². The zero-order valence-electron chi connectivity index (χ0n) is 18.0. The predicted molar refractivity (Wildman–Crippen MR) is 117 cm³/mol. The first-order chi connectivity index (χ1) is 15.5. The highest BCUT2D eigenvalue weighted by atomic mass is 16.5. The first kappa shape index (κ1) is 21.5. The van der Waals surface area contributed by atoms with Crippen LogP contribution in [0.3, 0.4) is 0 Å². The van der Waals surface area contributed by atoms with E-state index < -0.39 is 0 Å². The number of hydrogen-bond acceptors (Lipinski definition) is 5. The molecule has 4 rings (SSSR count). The Balaban J connectivity index is 1.23. The number of carbonyl (C=O) groups excluding carboxylic acids is 4. The van der Waals surface area contributed by atoms with Crippen molar-refractivity contribution in [1.29, 1.82) is 0 Å². The number of fused-ring (bicyclic) bond motifs is 1. The van der Waals surface area contributed by atoms with Crippen LogP contribution >= 0.6 is 0 Å². The highest BCUT2D eigenvalue weighted by Gasteiger charge is 2.34. The molecule has 0 aliphatic carbocycles. The van der Waals surface area contributed by atoms with Gasteiger partial charge in [-0.3, -0.25) is 24.1 Å². The summed E-state index contributed by atoms with van der Waals surface area (Å²) in [5.74, 6) is -0.00544. The summed E-state index contributed by atoms with van der Waals surface area (Å²) in [6, 6.07) is 13.7. The van der Waals surface area contributed by atoms with E-state index in [1.54, 1.807) is 65.4 Å². The minimum atomic E-state index is -0.302. The van der Waals surface area contributed by atoms with Crippen LogP contribution in [0.5, 0.6) is 5.75 Å². The van der Waals surface area contributed by atoms with Gasteiger partial charge in [0.25, 0.3) is 17.7 Å². The normalized spacial score (nSPS) is 15.7. The van der Waals surface area contributed by atoms with Crippen molar-refractivity contribution >= 4 is 23.6 Å². The Bertz CT molecular complexity index is 1010. The van der Waals surface area contributed by atoms with E-state index >= 15 is 0 Å². The second-order valence-electron chi connectivity index (χ2n) is 7.81. The molecular weight excluding hydrogens is 410 g/mol. The SMILES string of the molecule is COc1ccc(C(=O)N2CCN(C(=O)CCCN3C(=O)c4ccccc4C3=O)CC2)cc1. The average molecular weight is 435 g/mol. The number of rotatable bonds is 6. The molecule has 2 aliphatic rings. The molecule has 8 heteroatoms. The Kier molecular flexibility index (Phi) is 6.20. The number of benzene rings is 2. The van der Waals surface area contributed by atoms with Gasteiger partial charge in [-0.2, -0.15) is 0 Å². The fourth-order valence-corrected chi connectivity index (χ4v) is 4.06. The Morgan fingerprint density at radius 2 is 1.41 bits per heavy atom. The van der Waals surface area contributed by atoms with Gasteiger partial charge in [0.1, 0.15) is 5.75 Å². The molecule has 2 aliphatic heterocycles. The van der Waals surface area contributed by atoms with Crippen molar-refractivity contribution in [2.24, 2.45) is 0 Å². The van der Waals surface area contributed by atoms with Gasteiger partial charge < -0.3 is 14.5 Å². The maximum atomic E-state index is 12.7. The molecule has 166 valence electrons. The molecule has 0 bridgehead atoms. The lowest BCUT2D eigenvalue weighted by atomic mass is 10.1. The quantitative estimate of drug-likeness (QED) is 0.649. The second-order valence-corrected chi connectivity index (χ2v) is 7.81. The third-order valence-electron chi connectivity index (χ3n) is 5.91. The monoisotopic (exact) mass is 435 g/mol. The van der Waals surface area contributed by atoms with Crippen molar-refractivity contribution in [3.63, 3.8) is 0 Å². The standard InChI is InChI=1S/C24H25N3O5/c1-32-18-10-8-17(9-11-18)22(29)26-15-13-25(14-16-26)21(28)7-4-12-27-23(30)19-5-2-3-6-20(19)24(27)31/h2-3,5-6,8-11H,4,7,12-16H2,1H3. The van der Waals surface area contributed by atoms with Crippen LogP contribution in [0.15, 0.2) is 48.5 Å². The van der Waals surface area contributed by atoms with Gasteiger partial charge in [0.15, 0.2) is 0 Å². The second kappa shape index (κ2) is 9.21. The van der Waals surface area contributed by atoms with E-state index in [4.69, 9.17) is 4.74 Å². The van der Waals surface area contributed by atoms with Crippen molar-refractivity contribution in [2.45, 2.75) is 12.8 Å². The van der Waals surface area contributed by atoms with Crippen molar-refractivity contribution < 1.29 is 23.9 Å². The number of carbonyl (C=O) groups is 4. The lowest BCUT2D eigenvalue weighted by Crippen LogP contribution is -2.50. The molecule has 0 spiro atoms. The number of methoxy groups -OCH3 is 1. The van der Waals surface area contributed by atoms with E-state index in [-0.39, 0.29) is 36.6 Å². The summed E-state index contributed by atoms with van der Waals surface area (Å²) in [6.45, 7) is 2.08. The zero-order chi connectivity index (χ0) is 22.7. The summed E-state index contributed by atoms with van der Waals surface area (Å²) in [6.07, 6.45) is 0.662. The molecule has 0 radical (unpaired) electrons. The Labute approximate surface area is 186 Å². The molecule has 4 amide bonds. The lowest BCUT2D eigenvalue weighted by Gasteiger charge is -2.35. The van der Waals surface area contributed by atoms with Crippen molar-refractivity contribution in [1.82, 2.24) is 14.7 Å². The maximum Gasteiger partial charge on any atom is 0.261 e. The first-order valence-electron chi connectivity index (χ1n) is 10.7. The number of ether oxygens (including phenoxy) is 1. The predicted octanol–water partition coefficient (Wildman–Crippen LogP) is 2.06. The lowest BCUT2D eigenvalue weighted by molar-refractivity contribution is -0.132. The van der Waals surface area contributed by atoms with E-state index in [0.717, 1.165) is 0 Å². The van der Waals surface area contributed by atoms with Crippen LogP contribution in [0.1, 0.15) is 43.9 Å². The van der Waals surface area contributed by atoms with E-state index in [9.17, 15) is 19.2 Å². The molecule has 0 unspecified atom stereocenters. The number of hydrogen-bond donors (Lipinski definition) is 0. The highest BCUT2D eigenvalue weighted by molar-refractivity contribution is 6.21. The molecule has 1 saturated heterocycles. The largest absolute Gasteiger partial charge is 0.497 e. The molecule has 0 atom stereocenters. The van der Waals surface area contributed by atoms with Crippen LogP contribution in [-0.2, 0) is 4.79 Å². The summed E-state index contributed by atoms with van der Waals surface area (Å²) in [5, 5.41) is 0. The molecule has 0 saturated carbocycles. The van der Waals surface area contributed by atoms with Crippen molar-refractivity contribution in [3.05, 3.63) is 65.2 Å². The fourth-order valence-electron chi connectivity index (χ4n) is 4.06. The van der Waals surface area contributed by atoms with Crippen LogP contribution < -0.4 is 4.74 Å². The van der Waals surface area contributed by atoms with Gasteiger partial charge in [-0.05, 0) is 42.8 Å². The minimum absolute atomic E-state index is 0.0295. The summed E-state index contributed by atoms with van der Waals surface area (Å²) in [5.41, 5.74) is 1.43. The molecule has 0 aromatic heterocycles. The Hall–Kier alpha value is -3.68. The third-order valence-corrected chi connectivity index (χ3v) is 5.91. The van der Waals surface area contributed by atoms with Gasteiger partial charge in [-0.25, -0.2) is 0 Å². The van der Waals surface area contributed by atoms with E-state index in [2.05, 4.69) is 0 Å². The minimum Gasteiger partial charge on any atom is -0.497 e. The van der Waals surface area contributed by atoms with Crippen molar-refractivity contribution in [2.75, 3.05) is 39.8 Å². The molecule has 2 aromatic carbocycles. The number of amides is 4. The summed E-state index contributed by atoms with van der Waals surface area (Å²) in [7, 11) is 1.58. The zero-order valence-corrected chi connectivity index (χ0v) is 18.0. The van der Waals surface area contributed by atoms with Crippen LogP contribution in [0.25, 0.3) is 0 Å². The van der Waals surface area contributed by atoms with Crippen LogP contribution in [-0.4, -0.2) is 78.2 Å². The van der Waals surface area contributed by atoms with Gasteiger partial charge in [0, 0.05) is 44.7 Å². The fraction of sp³-hybridized carbons (Fsp3) is 0.333. The van der Waals surface area contributed by atoms with Gasteiger partial charge in [-0.15, -0.1) is 0 Å². The van der Waals surface area contributed by atoms with Crippen molar-refractivity contribution in [3.8, 4) is 5.75 Å². The smallest absolute Gasteiger partial charge is 0.261 e. The average Bonchev–Trinajstić information content (AvgIpc) is 3.08. The Morgan fingerprint density at radius 1 is 0.844 bits per heavy atom. The molecule has 2 heterocycles. The first-order valence-corrected chi connectivity index (χ1v) is 10.7. The summed E-state index contributed by atoms with van der Waals surface area (Å²) >= 11 is 0. The molecule has 2 aromatic rings. The van der Waals surface area contributed by atoms with Gasteiger partial charge in [0.05, 0.1) is 18.2 Å². The maximum absolute atomic E-state index is 12.7. The molecule has 0 N–H and O–H groups in total. The summed E-state index contributed by atoms with van der Waals surface area (Å²) in [4.78, 5) is 54.7. The number of piperazine rings is 1. The molecular formula is C24H25N3O5.